The molecular weight excluding hydrogens is 386 g/mol. The Bertz CT molecular complexity index is 1030. The number of esters is 1. The van der Waals surface area contributed by atoms with E-state index in [2.05, 4.69) is 5.32 Å². The first-order valence-electron chi connectivity index (χ1n) is 9.75. The third-order valence-corrected chi connectivity index (χ3v) is 5.10. The van der Waals surface area contributed by atoms with Crippen molar-refractivity contribution in [3.63, 3.8) is 0 Å². The SMILES string of the molecule is CCCCC(=O)N[C@H](c1ccccc1Cl)c1c(OC(C)=O)ccc2ccccc12. The average Bonchev–Trinajstić information content (AvgIpc) is 2.71. The largest absolute Gasteiger partial charge is 0.426 e. The van der Waals surface area contributed by atoms with E-state index in [1.54, 1.807) is 12.1 Å². The second-order valence-corrected chi connectivity index (χ2v) is 7.32. The molecule has 0 bridgehead atoms. The molecule has 4 nitrogen and oxygen atoms in total. The van der Waals surface area contributed by atoms with Gasteiger partial charge >= 0.3 is 5.97 Å². The molecule has 0 aliphatic rings. The Hall–Kier alpha value is -2.85. The Morgan fingerprint density at radius 1 is 1.03 bits per heavy atom. The summed E-state index contributed by atoms with van der Waals surface area (Å²) in [6.45, 7) is 3.41. The van der Waals surface area contributed by atoms with Crippen molar-refractivity contribution in [3.05, 3.63) is 76.8 Å². The molecule has 0 unspecified atom stereocenters. The van der Waals surface area contributed by atoms with Crippen molar-refractivity contribution in [3.8, 4) is 5.75 Å². The number of amides is 1. The Morgan fingerprint density at radius 2 is 1.76 bits per heavy atom. The average molecular weight is 410 g/mol. The van der Waals surface area contributed by atoms with Gasteiger partial charge in [0.25, 0.3) is 0 Å². The number of ether oxygens (including phenoxy) is 1. The second-order valence-electron chi connectivity index (χ2n) is 6.92. The maximum absolute atomic E-state index is 12.7. The first kappa shape index (κ1) is 20.9. The van der Waals surface area contributed by atoms with Crippen molar-refractivity contribution in [2.45, 2.75) is 39.2 Å². The van der Waals surface area contributed by atoms with Crippen LogP contribution < -0.4 is 10.1 Å². The maximum atomic E-state index is 12.7. The summed E-state index contributed by atoms with van der Waals surface area (Å²) in [5.74, 6) is -0.0767. The molecule has 0 fully saturated rings. The molecule has 0 aliphatic heterocycles. The fourth-order valence-corrected chi connectivity index (χ4v) is 3.65. The Labute approximate surface area is 175 Å². The molecule has 0 radical (unpaired) electrons. The Balaban J connectivity index is 2.21. The second kappa shape index (κ2) is 9.57. The summed E-state index contributed by atoms with van der Waals surface area (Å²) in [5.41, 5.74) is 1.47. The standard InChI is InChI=1S/C24H24ClNO3/c1-3-4-13-22(28)26-24(19-11-7-8-12-20(19)25)23-18-10-6-5-9-17(18)14-15-21(23)29-16(2)27/h5-12,14-15,24H,3-4,13H2,1-2H3,(H,26,28)/t24-/m1/s1. The van der Waals surface area contributed by atoms with Crippen LogP contribution in [-0.2, 0) is 9.59 Å². The van der Waals surface area contributed by atoms with E-state index in [0.717, 1.165) is 34.7 Å². The van der Waals surface area contributed by atoms with E-state index < -0.39 is 12.0 Å². The van der Waals surface area contributed by atoms with Crippen LogP contribution in [0.4, 0.5) is 0 Å². The van der Waals surface area contributed by atoms with Crippen LogP contribution in [0.1, 0.15) is 50.3 Å². The lowest BCUT2D eigenvalue weighted by Gasteiger charge is -2.24. The van der Waals surface area contributed by atoms with E-state index in [4.69, 9.17) is 16.3 Å². The van der Waals surface area contributed by atoms with E-state index in [9.17, 15) is 9.59 Å². The van der Waals surface area contributed by atoms with Crippen LogP contribution in [-0.4, -0.2) is 11.9 Å². The van der Waals surface area contributed by atoms with E-state index in [-0.39, 0.29) is 5.91 Å². The smallest absolute Gasteiger partial charge is 0.308 e. The minimum Gasteiger partial charge on any atom is -0.426 e. The van der Waals surface area contributed by atoms with Crippen molar-refractivity contribution in [1.82, 2.24) is 5.32 Å². The first-order valence-corrected chi connectivity index (χ1v) is 10.1. The summed E-state index contributed by atoms with van der Waals surface area (Å²) in [4.78, 5) is 24.4. The molecular formula is C24H24ClNO3. The van der Waals surface area contributed by atoms with Crippen LogP contribution in [0.15, 0.2) is 60.7 Å². The predicted octanol–water partition coefficient (Wildman–Crippen LogP) is 5.81. The molecule has 1 atom stereocenters. The van der Waals surface area contributed by atoms with Gasteiger partial charge in [0.05, 0.1) is 6.04 Å². The van der Waals surface area contributed by atoms with Crippen LogP contribution in [0.2, 0.25) is 5.02 Å². The molecule has 0 heterocycles. The minimum absolute atomic E-state index is 0.0709. The summed E-state index contributed by atoms with van der Waals surface area (Å²) in [6, 6.07) is 18.3. The molecule has 5 heteroatoms. The van der Waals surface area contributed by atoms with E-state index in [0.29, 0.717) is 17.2 Å². The minimum atomic E-state index is -0.548. The number of hydrogen-bond donors (Lipinski definition) is 1. The van der Waals surface area contributed by atoms with Crippen molar-refractivity contribution in [2.75, 3.05) is 0 Å². The summed E-state index contributed by atoms with van der Waals surface area (Å²) in [5, 5.41) is 5.53. The lowest BCUT2D eigenvalue weighted by atomic mass is 9.92. The van der Waals surface area contributed by atoms with Gasteiger partial charge in [-0.1, -0.05) is 73.5 Å². The molecule has 0 saturated carbocycles. The van der Waals surface area contributed by atoms with Gasteiger partial charge in [-0.3, -0.25) is 9.59 Å². The molecule has 3 rings (SSSR count). The van der Waals surface area contributed by atoms with Gasteiger partial charge in [0.1, 0.15) is 5.75 Å². The van der Waals surface area contributed by atoms with Gasteiger partial charge in [0, 0.05) is 23.9 Å². The molecule has 150 valence electrons. The third-order valence-electron chi connectivity index (χ3n) is 4.75. The molecule has 0 saturated heterocycles. The molecule has 0 aromatic heterocycles. The van der Waals surface area contributed by atoms with Gasteiger partial charge in [-0.05, 0) is 34.9 Å². The highest BCUT2D eigenvalue weighted by Crippen LogP contribution is 2.38. The van der Waals surface area contributed by atoms with Crippen LogP contribution in [0.5, 0.6) is 5.75 Å². The number of rotatable bonds is 7. The van der Waals surface area contributed by atoms with Crippen molar-refractivity contribution in [2.24, 2.45) is 0 Å². The number of nitrogens with one attached hydrogen (secondary N) is 1. The summed E-state index contributed by atoms with van der Waals surface area (Å²) >= 11 is 6.51. The van der Waals surface area contributed by atoms with Crippen LogP contribution in [0, 0.1) is 0 Å². The molecule has 3 aromatic carbocycles. The number of halogens is 1. The van der Waals surface area contributed by atoms with Gasteiger partial charge in [-0.15, -0.1) is 0 Å². The Morgan fingerprint density at radius 3 is 2.48 bits per heavy atom. The van der Waals surface area contributed by atoms with Gasteiger partial charge in [0.15, 0.2) is 0 Å². The topological polar surface area (TPSA) is 55.4 Å². The summed E-state index contributed by atoms with van der Waals surface area (Å²) in [6.07, 6.45) is 2.15. The highest BCUT2D eigenvalue weighted by Gasteiger charge is 2.25. The van der Waals surface area contributed by atoms with Crippen molar-refractivity contribution in [1.29, 1.82) is 0 Å². The van der Waals surface area contributed by atoms with Gasteiger partial charge in [-0.25, -0.2) is 0 Å². The number of hydrogen-bond acceptors (Lipinski definition) is 3. The molecule has 29 heavy (non-hydrogen) atoms. The lowest BCUT2D eigenvalue weighted by Crippen LogP contribution is -2.30. The summed E-state index contributed by atoms with van der Waals surface area (Å²) in [7, 11) is 0. The highest BCUT2D eigenvalue weighted by molar-refractivity contribution is 6.31. The van der Waals surface area contributed by atoms with E-state index in [1.165, 1.54) is 6.92 Å². The van der Waals surface area contributed by atoms with E-state index in [1.807, 2.05) is 55.5 Å². The van der Waals surface area contributed by atoms with Crippen molar-refractivity contribution < 1.29 is 14.3 Å². The van der Waals surface area contributed by atoms with Gasteiger partial charge < -0.3 is 10.1 Å². The quantitative estimate of drug-likeness (QED) is 0.395. The molecule has 1 amide bonds. The fourth-order valence-electron chi connectivity index (χ4n) is 3.40. The number of fused-ring (bicyclic) bond motifs is 1. The predicted molar refractivity (Wildman–Crippen MR) is 116 cm³/mol. The van der Waals surface area contributed by atoms with Crippen molar-refractivity contribution >= 4 is 34.2 Å². The number of benzene rings is 3. The highest BCUT2D eigenvalue weighted by atomic mass is 35.5. The molecule has 0 spiro atoms. The zero-order chi connectivity index (χ0) is 20.8. The first-order chi connectivity index (χ1) is 14.0. The molecule has 0 aliphatic carbocycles. The van der Waals surface area contributed by atoms with Gasteiger partial charge in [-0.2, -0.15) is 0 Å². The van der Waals surface area contributed by atoms with Crippen LogP contribution in [0.25, 0.3) is 10.8 Å². The summed E-state index contributed by atoms with van der Waals surface area (Å²) < 4.78 is 5.53. The molecule has 1 N–H and O–H groups in total. The Kier molecular flexibility index (Phi) is 6.89. The monoisotopic (exact) mass is 409 g/mol. The van der Waals surface area contributed by atoms with Crippen LogP contribution >= 0.6 is 11.6 Å². The number of carbonyl (C=O) groups is 2. The zero-order valence-electron chi connectivity index (χ0n) is 16.6. The normalized spacial score (nSPS) is 11.8. The maximum Gasteiger partial charge on any atom is 0.308 e. The van der Waals surface area contributed by atoms with Gasteiger partial charge in [0.2, 0.25) is 5.91 Å². The zero-order valence-corrected chi connectivity index (χ0v) is 17.3. The van der Waals surface area contributed by atoms with Crippen LogP contribution in [0.3, 0.4) is 0 Å². The number of unbranched alkanes of at least 4 members (excludes halogenated alkanes) is 1. The lowest BCUT2D eigenvalue weighted by molar-refractivity contribution is -0.131. The van der Waals surface area contributed by atoms with E-state index >= 15 is 0 Å². The third kappa shape index (κ3) is 4.96. The number of carbonyl (C=O) groups excluding carboxylic acids is 2. The fraction of sp³-hybridized carbons (Fsp3) is 0.250. The molecule has 3 aromatic rings.